The molecular weight excluding hydrogens is 212 g/mol. The lowest BCUT2D eigenvalue weighted by Gasteiger charge is -2.20. The molecule has 2 nitrogen and oxygen atoms in total. The highest BCUT2D eigenvalue weighted by Crippen LogP contribution is 2.29. The number of nitrogens with two attached hydrogens (primary N) is 1. The molecule has 4 heteroatoms. The SMILES string of the molecule is Cc1ccc(F)c(C(N)C2CCCO2)c1F. The Balaban J connectivity index is 2.34. The quantitative estimate of drug-likeness (QED) is 0.842. The van der Waals surface area contributed by atoms with Gasteiger partial charge < -0.3 is 10.5 Å². The van der Waals surface area contributed by atoms with E-state index >= 15 is 0 Å². The average molecular weight is 227 g/mol. The summed E-state index contributed by atoms with van der Waals surface area (Å²) in [5.41, 5.74) is 6.22. The number of ether oxygens (including phenoxy) is 1. The van der Waals surface area contributed by atoms with Crippen LogP contribution in [-0.4, -0.2) is 12.7 Å². The van der Waals surface area contributed by atoms with E-state index in [0.29, 0.717) is 12.2 Å². The number of aryl methyl sites for hydroxylation is 1. The van der Waals surface area contributed by atoms with Crippen LogP contribution < -0.4 is 5.73 Å². The molecule has 88 valence electrons. The maximum absolute atomic E-state index is 13.8. The molecule has 0 radical (unpaired) electrons. The molecule has 1 fully saturated rings. The Morgan fingerprint density at radius 1 is 1.44 bits per heavy atom. The average Bonchev–Trinajstić information content (AvgIpc) is 2.77. The van der Waals surface area contributed by atoms with Crippen LogP contribution >= 0.6 is 0 Å². The molecule has 0 spiro atoms. The molecule has 0 saturated carbocycles. The van der Waals surface area contributed by atoms with Gasteiger partial charge in [0.25, 0.3) is 0 Å². The molecule has 0 amide bonds. The highest BCUT2D eigenvalue weighted by molar-refractivity contribution is 5.29. The molecule has 1 aliphatic rings. The van der Waals surface area contributed by atoms with Gasteiger partial charge in [-0.2, -0.15) is 0 Å². The van der Waals surface area contributed by atoms with Gasteiger partial charge in [-0.05, 0) is 31.4 Å². The van der Waals surface area contributed by atoms with Gasteiger partial charge in [0.15, 0.2) is 0 Å². The van der Waals surface area contributed by atoms with Crippen molar-refractivity contribution >= 4 is 0 Å². The fourth-order valence-corrected chi connectivity index (χ4v) is 2.06. The minimum absolute atomic E-state index is 0.0492. The monoisotopic (exact) mass is 227 g/mol. The second-order valence-electron chi connectivity index (χ2n) is 4.17. The van der Waals surface area contributed by atoms with Crippen molar-refractivity contribution in [3.63, 3.8) is 0 Å². The van der Waals surface area contributed by atoms with Crippen LogP contribution in [0, 0.1) is 18.6 Å². The molecule has 2 N–H and O–H groups in total. The number of benzene rings is 1. The summed E-state index contributed by atoms with van der Waals surface area (Å²) in [5.74, 6) is -1.14. The zero-order valence-electron chi connectivity index (χ0n) is 9.17. The van der Waals surface area contributed by atoms with Crippen LogP contribution in [0.25, 0.3) is 0 Å². The largest absolute Gasteiger partial charge is 0.376 e. The summed E-state index contributed by atoms with van der Waals surface area (Å²) in [6.45, 7) is 2.22. The lowest BCUT2D eigenvalue weighted by Crippen LogP contribution is -2.27. The molecule has 1 aromatic rings. The molecular formula is C12H15F2NO. The minimum atomic E-state index is -0.720. The van der Waals surface area contributed by atoms with Crippen molar-refractivity contribution in [2.75, 3.05) is 6.61 Å². The van der Waals surface area contributed by atoms with E-state index in [1.165, 1.54) is 12.1 Å². The van der Waals surface area contributed by atoms with Crippen LogP contribution in [0.1, 0.15) is 30.0 Å². The highest BCUT2D eigenvalue weighted by Gasteiger charge is 2.29. The Morgan fingerprint density at radius 2 is 2.19 bits per heavy atom. The van der Waals surface area contributed by atoms with E-state index in [-0.39, 0.29) is 11.7 Å². The third-order valence-corrected chi connectivity index (χ3v) is 3.02. The first-order valence-electron chi connectivity index (χ1n) is 5.43. The van der Waals surface area contributed by atoms with Crippen LogP contribution in [0.2, 0.25) is 0 Å². The summed E-state index contributed by atoms with van der Waals surface area (Å²) in [7, 11) is 0. The smallest absolute Gasteiger partial charge is 0.133 e. The van der Waals surface area contributed by atoms with E-state index < -0.39 is 17.7 Å². The third-order valence-electron chi connectivity index (χ3n) is 3.02. The van der Waals surface area contributed by atoms with E-state index in [4.69, 9.17) is 10.5 Å². The molecule has 2 rings (SSSR count). The van der Waals surface area contributed by atoms with Crippen LogP contribution in [0.3, 0.4) is 0 Å². The first kappa shape index (κ1) is 11.5. The minimum Gasteiger partial charge on any atom is -0.376 e. The molecule has 16 heavy (non-hydrogen) atoms. The summed E-state index contributed by atoms with van der Waals surface area (Å²) in [6.07, 6.45) is 1.38. The van der Waals surface area contributed by atoms with Gasteiger partial charge in [0, 0.05) is 12.2 Å². The lowest BCUT2D eigenvalue weighted by molar-refractivity contribution is 0.0879. The van der Waals surface area contributed by atoms with E-state index in [0.717, 1.165) is 12.8 Å². The number of rotatable bonds is 2. The Kier molecular flexibility index (Phi) is 3.21. The molecule has 1 aliphatic heterocycles. The van der Waals surface area contributed by atoms with Gasteiger partial charge in [0.2, 0.25) is 0 Å². The van der Waals surface area contributed by atoms with Gasteiger partial charge in [-0.15, -0.1) is 0 Å². The van der Waals surface area contributed by atoms with Crippen molar-refractivity contribution in [2.24, 2.45) is 5.73 Å². The Hall–Kier alpha value is -1.00. The van der Waals surface area contributed by atoms with Crippen molar-refractivity contribution in [1.82, 2.24) is 0 Å². The van der Waals surface area contributed by atoms with Gasteiger partial charge in [0.1, 0.15) is 11.6 Å². The summed E-state index contributed by atoms with van der Waals surface area (Å²) in [6, 6.07) is 1.95. The van der Waals surface area contributed by atoms with Crippen molar-refractivity contribution in [2.45, 2.75) is 31.9 Å². The normalized spacial score (nSPS) is 22.4. The molecule has 1 aromatic carbocycles. The van der Waals surface area contributed by atoms with E-state index in [1.54, 1.807) is 6.92 Å². The molecule has 0 aliphatic carbocycles. The maximum atomic E-state index is 13.8. The van der Waals surface area contributed by atoms with Crippen molar-refractivity contribution < 1.29 is 13.5 Å². The van der Waals surface area contributed by atoms with Crippen molar-refractivity contribution in [3.8, 4) is 0 Å². The fraction of sp³-hybridized carbons (Fsp3) is 0.500. The molecule has 1 heterocycles. The predicted octanol–water partition coefficient (Wildman–Crippen LogP) is 2.45. The fourth-order valence-electron chi connectivity index (χ4n) is 2.06. The standard InChI is InChI=1S/C12H15F2NO/c1-7-4-5-8(13)10(11(7)14)12(15)9-3-2-6-16-9/h4-5,9,12H,2-3,6,15H2,1H3. The van der Waals surface area contributed by atoms with Crippen LogP contribution in [0.15, 0.2) is 12.1 Å². The zero-order chi connectivity index (χ0) is 11.7. The van der Waals surface area contributed by atoms with E-state index in [2.05, 4.69) is 0 Å². The molecule has 2 atom stereocenters. The molecule has 2 unspecified atom stereocenters. The summed E-state index contributed by atoms with van der Waals surface area (Å²) in [5, 5.41) is 0. The summed E-state index contributed by atoms with van der Waals surface area (Å²) < 4.78 is 32.7. The summed E-state index contributed by atoms with van der Waals surface area (Å²) in [4.78, 5) is 0. The number of hydrogen-bond acceptors (Lipinski definition) is 2. The molecule has 0 bridgehead atoms. The van der Waals surface area contributed by atoms with E-state index in [1.807, 2.05) is 0 Å². The second kappa shape index (κ2) is 4.47. The summed E-state index contributed by atoms with van der Waals surface area (Å²) >= 11 is 0. The van der Waals surface area contributed by atoms with Gasteiger partial charge in [-0.1, -0.05) is 6.07 Å². The Bertz CT molecular complexity index is 389. The first-order valence-corrected chi connectivity index (χ1v) is 5.43. The van der Waals surface area contributed by atoms with Crippen LogP contribution in [-0.2, 0) is 4.74 Å². The number of halogens is 2. The third kappa shape index (κ3) is 1.95. The van der Waals surface area contributed by atoms with E-state index in [9.17, 15) is 8.78 Å². The van der Waals surface area contributed by atoms with Gasteiger partial charge >= 0.3 is 0 Å². The maximum Gasteiger partial charge on any atom is 0.133 e. The van der Waals surface area contributed by atoms with Crippen molar-refractivity contribution in [1.29, 1.82) is 0 Å². The van der Waals surface area contributed by atoms with Gasteiger partial charge in [-0.3, -0.25) is 0 Å². The highest BCUT2D eigenvalue weighted by atomic mass is 19.1. The van der Waals surface area contributed by atoms with Crippen molar-refractivity contribution in [3.05, 3.63) is 34.9 Å². The van der Waals surface area contributed by atoms with Crippen LogP contribution in [0.4, 0.5) is 8.78 Å². The lowest BCUT2D eigenvalue weighted by atomic mass is 9.97. The molecule has 0 aromatic heterocycles. The van der Waals surface area contributed by atoms with Gasteiger partial charge in [-0.25, -0.2) is 8.78 Å². The topological polar surface area (TPSA) is 35.2 Å². The second-order valence-corrected chi connectivity index (χ2v) is 4.17. The Morgan fingerprint density at radius 3 is 2.81 bits per heavy atom. The number of hydrogen-bond donors (Lipinski definition) is 1. The Labute approximate surface area is 93.4 Å². The first-order chi connectivity index (χ1) is 7.61. The zero-order valence-corrected chi connectivity index (χ0v) is 9.17. The predicted molar refractivity (Wildman–Crippen MR) is 57.0 cm³/mol. The van der Waals surface area contributed by atoms with Gasteiger partial charge in [0.05, 0.1) is 12.1 Å². The van der Waals surface area contributed by atoms with Crippen LogP contribution in [0.5, 0.6) is 0 Å². The molecule has 1 saturated heterocycles.